The monoisotopic (exact) mass is 264 g/mol. The minimum atomic E-state index is 0.778. The largest absolute Gasteiger partial charge is 0.229 e. The summed E-state index contributed by atoms with van der Waals surface area (Å²) in [6.07, 6.45) is 0. The molecule has 0 aliphatic carbocycles. The van der Waals surface area contributed by atoms with Gasteiger partial charge in [-0.3, -0.25) is 0 Å². The van der Waals surface area contributed by atoms with Crippen molar-refractivity contribution in [1.29, 1.82) is 0 Å². The van der Waals surface area contributed by atoms with Crippen LogP contribution in [0.5, 0.6) is 0 Å². The Hall–Kier alpha value is -2.49. The van der Waals surface area contributed by atoms with Crippen molar-refractivity contribution in [1.82, 2.24) is 20.2 Å². The van der Waals surface area contributed by atoms with Crippen LogP contribution in [0.15, 0.2) is 42.5 Å². The lowest BCUT2D eigenvalue weighted by molar-refractivity contribution is 0.715. The van der Waals surface area contributed by atoms with Crippen LogP contribution < -0.4 is 0 Å². The highest BCUT2D eigenvalue weighted by molar-refractivity contribution is 5.81. The molecular weight excluding hydrogens is 248 g/mol. The molecule has 0 spiro atoms. The molecule has 3 aromatic rings. The zero-order chi connectivity index (χ0) is 14.1. The van der Waals surface area contributed by atoms with Crippen molar-refractivity contribution in [2.75, 3.05) is 0 Å². The Kier molecular flexibility index (Phi) is 3.06. The van der Waals surface area contributed by atoms with E-state index in [1.807, 2.05) is 19.2 Å². The van der Waals surface area contributed by atoms with Crippen molar-refractivity contribution in [2.45, 2.75) is 13.8 Å². The Morgan fingerprint density at radius 1 is 0.900 bits per heavy atom. The maximum atomic E-state index is 4.12. The van der Waals surface area contributed by atoms with Crippen LogP contribution in [-0.2, 0) is 7.05 Å². The summed E-state index contributed by atoms with van der Waals surface area (Å²) in [4.78, 5) is 0. The lowest BCUT2D eigenvalue weighted by Crippen LogP contribution is -1.96. The topological polar surface area (TPSA) is 43.6 Å². The SMILES string of the molecule is Cc1cc(C)cc(-c2ccccc2-c2nnnn2C)c1. The summed E-state index contributed by atoms with van der Waals surface area (Å²) >= 11 is 0. The molecule has 20 heavy (non-hydrogen) atoms. The predicted molar refractivity (Wildman–Crippen MR) is 79.1 cm³/mol. The fourth-order valence-electron chi connectivity index (χ4n) is 2.52. The molecule has 0 amide bonds. The number of aromatic nitrogens is 4. The molecular formula is C16H16N4. The second-order valence-electron chi connectivity index (χ2n) is 5.05. The Morgan fingerprint density at radius 2 is 1.55 bits per heavy atom. The number of tetrazole rings is 1. The van der Waals surface area contributed by atoms with Crippen LogP contribution >= 0.6 is 0 Å². The first kappa shape index (κ1) is 12.5. The highest BCUT2D eigenvalue weighted by Crippen LogP contribution is 2.31. The molecule has 0 N–H and O–H groups in total. The third-order valence-electron chi connectivity index (χ3n) is 3.32. The summed E-state index contributed by atoms with van der Waals surface area (Å²) in [7, 11) is 1.85. The van der Waals surface area contributed by atoms with Crippen LogP contribution in [0.3, 0.4) is 0 Å². The number of hydrogen-bond donors (Lipinski definition) is 0. The van der Waals surface area contributed by atoms with Gasteiger partial charge in [0.2, 0.25) is 0 Å². The summed E-state index contributed by atoms with van der Waals surface area (Å²) in [6.45, 7) is 4.23. The number of benzene rings is 2. The maximum Gasteiger partial charge on any atom is 0.182 e. The van der Waals surface area contributed by atoms with Crippen LogP contribution in [0, 0.1) is 13.8 Å². The molecule has 1 aromatic heterocycles. The van der Waals surface area contributed by atoms with Crippen molar-refractivity contribution in [2.24, 2.45) is 7.05 Å². The third kappa shape index (κ3) is 2.20. The van der Waals surface area contributed by atoms with Crippen LogP contribution in [0.25, 0.3) is 22.5 Å². The highest BCUT2D eigenvalue weighted by atomic mass is 15.5. The zero-order valence-corrected chi connectivity index (χ0v) is 11.8. The maximum absolute atomic E-state index is 4.12. The molecule has 0 aliphatic heterocycles. The molecule has 0 radical (unpaired) electrons. The van der Waals surface area contributed by atoms with Crippen LogP contribution in [-0.4, -0.2) is 20.2 Å². The fourth-order valence-corrected chi connectivity index (χ4v) is 2.52. The average Bonchev–Trinajstić information content (AvgIpc) is 2.84. The van der Waals surface area contributed by atoms with Crippen molar-refractivity contribution < 1.29 is 0 Å². The molecule has 0 unspecified atom stereocenters. The molecule has 0 saturated heterocycles. The smallest absolute Gasteiger partial charge is 0.182 e. The Bertz CT molecular complexity index is 738. The summed E-state index contributed by atoms with van der Waals surface area (Å²) in [5.74, 6) is 0.778. The van der Waals surface area contributed by atoms with Gasteiger partial charge in [-0.05, 0) is 35.4 Å². The first-order valence-electron chi connectivity index (χ1n) is 6.55. The lowest BCUT2D eigenvalue weighted by Gasteiger charge is -2.10. The van der Waals surface area contributed by atoms with Crippen LogP contribution in [0.4, 0.5) is 0 Å². The van der Waals surface area contributed by atoms with Crippen LogP contribution in [0.2, 0.25) is 0 Å². The van der Waals surface area contributed by atoms with Gasteiger partial charge in [0.1, 0.15) is 0 Å². The van der Waals surface area contributed by atoms with Crippen molar-refractivity contribution >= 4 is 0 Å². The van der Waals surface area contributed by atoms with E-state index in [4.69, 9.17) is 0 Å². The van der Waals surface area contributed by atoms with Gasteiger partial charge in [-0.15, -0.1) is 5.10 Å². The number of hydrogen-bond acceptors (Lipinski definition) is 3. The van der Waals surface area contributed by atoms with Crippen molar-refractivity contribution in [3.8, 4) is 22.5 Å². The van der Waals surface area contributed by atoms with E-state index in [1.165, 1.54) is 16.7 Å². The van der Waals surface area contributed by atoms with Gasteiger partial charge in [-0.25, -0.2) is 4.68 Å². The molecule has 0 fully saturated rings. The number of aryl methyl sites for hydroxylation is 3. The van der Waals surface area contributed by atoms with Crippen molar-refractivity contribution in [3.05, 3.63) is 53.6 Å². The zero-order valence-electron chi connectivity index (χ0n) is 11.8. The minimum absolute atomic E-state index is 0.778. The van der Waals surface area contributed by atoms with Crippen LogP contribution in [0.1, 0.15) is 11.1 Å². The van der Waals surface area contributed by atoms with E-state index < -0.39 is 0 Å². The highest BCUT2D eigenvalue weighted by Gasteiger charge is 2.12. The quantitative estimate of drug-likeness (QED) is 0.714. The summed E-state index contributed by atoms with van der Waals surface area (Å²) in [5, 5.41) is 11.8. The first-order chi connectivity index (χ1) is 9.65. The van der Waals surface area contributed by atoms with Gasteiger partial charge in [0, 0.05) is 12.6 Å². The van der Waals surface area contributed by atoms with E-state index in [1.54, 1.807) is 4.68 Å². The lowest BCUT2D eigenvalue weighted by atomic mass is 9.96. The molecule has 3 rings (SSSR count). The van der Waals surface area contributed by atoms with Gasteiger partial charge in [0.15, 0.2) is 5.82 Å². The standard InChI is InChI=1S/C16H16N4/c1-11-8-12(2)10-13(9-11)14-6-4-5-7-15(14)16-17-18-19-20(16)3/h4-10H,1-3H3. The first-order valence-corrected chi connectivity index (χ1v) is 6.55. The van der Waals surface area contributed by atoms with E-state index in [9.17, 15) is 0 Å². The van der Waals surface area contributed by atoms with Crippen molar-refractivity contribution in [3.63, 3.8) is 0 Å². The normalized spacial score (nSPS) is 10.8. The second kappa shape index (κ2) is 4.89. The van der Waals surface area contributed by atoms with Gasteiger partial charge in [-0.2, -0.15) is 0 Å². The molecule has 0 aliphatic rings. The molecule has 0 bridgehead atoms. The van der Waals surface area contributed by atoms with Gasteiger partial charge in [0.25, 0.3) is 0 Å². The number of rotatable bonds is 2. The van der Waals surface area contributed by atoms with Gasteiger partial charge in [0.05, 0.1) is 0 Å². The molecule has 1 heterocycles. The Morgan fingerprint density at radius 3 is 2.15 bits per heavy atom. The molecule has 4 nitrogen and oxygen atoms in total. The van der Waals surface area contributed by atoms with E-state index in [0.717, 1.165) is 17.0 Å². The number of nitrogens with zero attached hydrogens (tertiary/aromatic N) is 4. The summed E-state index contributed by atoms with van der Waals surface area (Å²) in [6, 6.07) is 14.8. The molecule has 4 heteroatoms. The fraction of sp³-hybridized carbons (Fsp3) is 0.188. The second-order valence-corrected chi connectivity index (χ2v) is 5.05. The Labute approximate surface area is 118 Å². The molecule has 0 atom stereocenters. The van der Waals surface area contributed by atoms with Gasteiger partial charge < -0.3 is 0 Å². The van der Waals surface area contributed by atoms with Gasteiger partial charge in [-0.1, -0.05) is 53.6 Å². The molecule has 100 valence electrons. The third-order valence-corrected chi connectivity index (χ3v) is 3.32. The van der Waals surface area contributed by atoms with E-state index >= 15 is 0 Å². The molecule has 0 saturated carbocycles. The predicted octanol–water partition coefficient (Wildman–Crippen LogP) is 3.16. The molecule has 2 aromatic carbocycles. The minimum Gasteiger partial charge on any atom is -0.229 e. The van der Waals surface area contributed by atoms with Gasteiger partial charge >= 0.3 is 0 Å². The Balaban J connectivity index is 2.22. The average molecular weight is 264 g/mol. The van der Waals surface area contributed by atoms with E-state index in [-0.39, 0.29) is 0 Å². The summed E-state index contributed by atoms with van der Waals surface area (Å²) < 4.78 is 1.70. The van der Waals surface area contributed by atoms with E-state index in [2.05, 4.69) is 59.7 Å². The van der Waals surface area contributed by atoms with E-state index in [0.29, 0.717) is 0 Å². The summed E-state index contributed by atoms with van der Waals surface area (Å²) in [5.41, 5.74) is 5.90.